The van der Waals surface area contributed by atoms with E-state index in [1.807, 2.05) is 12.1 Å². The average Bonchev–Trinajstić information content (AvgIpc) is 3.00. The minimum Gasteiger partial charge on any atom is -0.508 e. The van der Waals surface area contributed by atoms with Gasteiger partial charge in [-0.2, -0.15) is 0 Å². The third-order valence-electron chi connectivity index (χ3n) is 6.30. The molecule has 5 heteroatoms. The number of nitrogens with zero attached hydrogens (tertiary/aromatic N) is 2. The summed E-state index contributed by atoms with van der Waals surface area (Å²) in [6.07, 6.45) is 6.67. The molecule has 2 aromatic rings. The van der Waals surface area contributed by atoms with Crippen LogP contribution in [0, 0.1) is 5.92 Å². The van der Waals surface area contributed by atoms with Gasteiger partial charge in [-0.15, -0.1) is 0 Å². The van der Waals surface area contributed by atoms with Crippen LogP contribution in [0.15, 0.2) is 34.8 Å². The zero-order valence-electron chi connectivity index (χ0n) is 16.4. The molecule has 0 spiro atoms. The normalized spacial score (nSPS) is 19.7. The van der Waals surface area contributed by atoms with E-state index in [2.05, 4.69) is 37.9 Å². The number of carbonyl (C=O) groups excluding carboxylic acids is 1. The summed E-state index contributed by atoms with van der Waals surface area (Å²) in [5.41, 5.74) is 0.988. The van der Waals surface area contributed by atoms with E-state index in [4.69, 9.17) is 0 Å². The Morgan fingerprint density at radius 1 is 1.00 bits per heavy atom. The number of likely N-dealkylation sites (tertiary alicyclic amines) is 2. The van der Waals surface area contributed by atoms with Crippen LogP contribution in [-0.4, -0.2) is 47.0 Å². The summed E-state index contributed by atoms with van der Waals surface area (Å²) < 4.78 is 1.05. The largest absolute Gasteiger partial charge is 0.508 e. The average molecular weight is 445 g/mol. The van der Waals surface area contributed by atoms with Gasteiger partial charge in [-0.3, -0.25) is 9.69 Å². The lowest BCUT2D eigenvalue weighted by molar-refractivity contribution is -0.137. The maximum absolute atomic E-state index is 12.9. The van der Waals surface area contributed by atoms with Crippen LogP contribution in [0.1, 0.15) is 44.1 Å². The van der Waals surface area contributed by atoms with Crippen molar-refractivity contribution >= 4 is 32.6 Å². The zero-order chi connectivity index (χ0) is 19.5. The highest BCUT2D eigenvalue weighted by Crippen LogP contribution is 2.31. The molecule has 0 aromatic heterocycles. The van der Waals surface area contributed by atoms with Gasteiger partial charge in [0.2, 0.25) is 5.91 Å². The molecule has 0 aliphatic carbocycles. The molecule has 0 unspecified atom stereocenters. The lowest BCUT2D eigenvalue weighted by Crippen LogP contribution is -2.42. The Kier molecular flexibility index (Phi) is 6.22. The van der Waals surface area contributed by atoms with E-state index in [1.165, 1.54) is 12.8 Å². The van der Waals surface area contributed by atoms with E-state index in [0.717, 1.165) is 79.2 Å². The van der Waals surface area contributed by atoms with Crippen molar-refractivity contribution in [3.8, 4) is 5.75 Å². The lowest BCUT2D eigenvalue weighted by atomic mass is 9.94. The van der Waals surface area contributed by atoms with Crippen molar-refractivity contribution in [3.63, 3.8) is 0 Å². The second kappa shape index (κ2) is 8.83. The lowest BCUT2D eigenvalue weighted by Gasteiger charge is -2.34. The van der Waals surface area contributed by atoms with Gasteiger partial charge in [0.1, 0.15) is 5.75 Å². The Morgan fingerprint density at radius 2 is 1.71 bits per heavy atom. The number of hydrogen-bond donors (Lipinski definition) is 1. The van der Waals surface area contributed by atoms with Gasteiger partial charge in [0, 0.05) is 35.6 Å². The van der Waals surface area contributed by atoms with Gasteiger partial charge in [0.05, 0.1) is 0 Å². The fourth-order valence-electron chi connectivity index (χ4n) is 4.63. The number of hydrogen-bond acceptors (Lipinski definition) is 3. The van der Waals surface area contributed by atoms with E-state index < -0.39 is 0 Å². The van der Waals surface area contributed by atoms with Crippen molar-refractivity contribution in [3.05, 3.63) is 40.4 Å². The Morgan fingerprint density at radius 3 is 2.43 bits per heavy atom. The first kappa shape index (κ1) is 19.7. The van der Waals surface area contributed by atoms with Crippen LogP contribution < -0.4 is 0 Å². The van der Waals surface area contributed by atoms with Crippen LogP contribution in [0.4, 0.5) is 0 Å². The number of phenols is 1. The summed E-state index contributed by atoms with van der Waals surface area (Å²) in [6.45, 7) is 4.44. The quantitative estimate of drug-likeness (QED) is 0.729. The van der Waals surface area contributed by atoms with Crippen molar-refractivity contribution in [2.75, 3.05) is 26.2 Å². The maximum atomic E-state index is 12.9. The molecule has 2 aromatic carbocycles. The van der Waals surface area contributed by atoms with Gasteiger partial charge < -0.3 is 10.0 Å². The van der Waals surface area contributed by atoms with E-state index in [-0.39, 0.29) is 5.92 Å². The highest BCUT2D eigenvalue weighted by Gasteiger charge is 2.29. The Bertz CT molecular complexity index is 838. The van der Waals surface area contributed by atoms with Crippen LogP contribution in [0.2, 0.25) is 0 Å². The van der Waals surface area contributed by atoms with Crippen molar-refractivity contribution in [2.24, 2.45) is 5.92 Å². The van der Waals surface area contributed by atoms with Gasteiger partial charge in [-0.25, -0.2) is 0 Å². The monoisotopic (exact) mass is 444 g/mol. The minimum atomic E-state index is 0.173. The molecular formula is C23H29BrN2O2. The number of fused-ring (bicyclic) bond motifs is 1. The first-order valence-electron chi connectivity index (χ1n) is 10.5. The van der Waals surface area contributed by atoms with Gasteiger partial charge in [0.15, 0.2) is 0 Å². The molecule has 2 aliphatic heterocycles. The molecule has 0 bridgehead atoms. The molecule has 2 aliphatic rings. The first-order valence-corrected chi connectivity index (χ1v) is 11.3. The summed E-state index contributed by atoms with van der Waals surface area (Å²) in [5, 5.41) is 12.7. The van der Waals surface area contributed by atoms with Crippen molar-refractivity contribution in [2.45, 2.75) is 45.1 Å². The molecule has 150 valence electrons. The van der Waals surface area contributed by atoms with E-state index >= 15 is 0 Å². The van der Waals surface area contributed by atoms with Gasteiger partial charge in [-0.05, 0) is 67.7 Å². The molecule has 2 heterocycles. The summed E-state index contributed by atoms with van der Waals surface area (Å²) in [7, 11) is 0. The van der Waals surface area contributed by atoms with Crippen LogP contribution in [0.25, 0.3) is 10.8 Å². The Balaban J connectivity index is 1.40. The van der Waals surface area contributed by atoms with E-state index in [9.17, 15) is 9.90 Å². The molecule has 1 amide bonds. The molecule has 0 atom stereocenters. The second-order valence-electron chi connectivity index (χ2n) is 8.22. The number of benzene rings is 2. The summed E-state index contributed by atoms with van der Waals surface area (Å²) in [4.78, 5) is 17.4. The number of amides is 1. The molecule has 0 saturated carbocycles. The SMILES string of the molecule is O=C(C1CCN(Cc2c(O)ccc3cc(Br)ccc23)CC1)N1CCCCCC1. The molecule has 4 rings (SSSR count). The fraction of sp³-hybridized carbons (Fsp3) is 0.522. The molecule has 1 N–H and O–H groups in total. The molecule has 2 fully saturated rings. The zero-order valence-corrected chi connectivity index (χ0v) is 18.0. The third kappa shape index (κ3) is 4.36. The first-order chi connectivity index (χ1) is 13.6. The number of halogens is 1. The molecule has 28 heavy (non-hydrogen) atoms. The van der Waals surface area contributed by atoms with Crippen LogP contribution in [-0.2, 0) is 11.3 Å². The van der Waals surface area contributed by atoms with Gasteiger partial charge in [-0.1, -0.05) is 40.9 Å². The van der Waals surface area contributed by atoms with Crippen molar-refractivity contribution in [1.29, 1.82) is 0 Å². The summed E-state index contributed by atoms with van der Waals surface area (Å²) in [6, 6.07) is 9.94. The second-order valence-corrected chi connectivity index (χ2v) is 9.13. The van der Waals surface area contributed by atoms with Crippen LogP contribution >= 0.6 is 15.9 Å². The van der Waals surface area contributed by atoms with Gasteiger partial charge in [0.25, 0.3) is 0 Å². The van der Waals surface area contributed by atoms with Crippen LogP contribution in [0.5, 0.6) is 5.75 Å². The fourth-order valence-corrected chi connectivity index (χ4v) is 5.01. The minimum absolute atomic E-state index is 0.173. The highest BCUT2D eigenvalue weighted by atomic mass is 79.9. The molecule has 0 radical (unpaired) electrons. The van der Waals surface area contributed by atoms with E-state index in [1.54, 1.807) is 6.07 Å². The topological polar surface area (TPSA) is 43.8 Å². The standard InChI is InChI=1S/C23H29BrN2O2/c24-19-6-7-20-18(15-19)5-8-22(27)21(20)16-25-13-9-17(10-14-25)23(28)26-11-3-1-2-4-12-26/h5-8,15,17,27H,1-4,9-14,16H2. The number of aromatic hydroxyl groups is 1. The number of piperidine rings is 1. The summed E-state index contributed by atoms with van der Waals surface area (Å²) in [5.74, 6) is 0.906. The molecular weight excluding hydrogens is 416 g/mol. The molecule has 4 nitrogen and oxygen atoms in total. The van der Waals surface area contributed by atoms with Crippen molar-refractivity contribution in [1.82, 2.24) is 9.80 Å². The Labute approximate surface area is 175 Å². The van der Waals surface area contributed by atoms with E-state index in [0.29, 0.717) is 11.7 Å². The number of carbonyl (C=O) groups is 1. The summed E-state index contributed by atoms with van der Waals surface area (Å²) >= 11 is 3.52. The predicted molar refractivity (Wildman–Crippen MR) is 116 cm³/mol. The Hall–Kier alpha value is -1.59. The van der Waals surface area contributed by atoms with Crippen molar-refractivity contribution < 1.29 is 9.90 Å². The van der Waals surface area contributed by atoms with Crippen LogP contribution in [0.3, 0.4) is 0 Å². The maximum Gasteiger partial charge on any atom is 0.225 e. The smallest absolute Gasteiger partial charge is 0.225 e. The number of phenolic OH excluding ortho intramolecular Hbond substituents is 1. The predicted octanol–water partition coefficient (Wildman–Crippen LogP) is 4.92. The van der Waals surface area contributed by atoms with Gasteiger partial charge >= 0.3 is 0 Å². The highest BCUT2D eigenvalue weighted by molar-refractivity contribution is 9.10. The third-order valence-corrected chi connectivity index (χ3v) is 6.80. The number of rotatable bonds is 3. The molecule has 2 saturated heterocycles.